The van der Waals surface area contributed by atoms with Gasteiger partial charge < -0.3 is 5.32 Å². The van der Waals surface area contributed by atoms with E-state index >= 15 is 0 Å². The number of halogens is 1. The third-order valence-electron chi connectivity index (χ3n) is 3.38. The summed E-state index contributed by atoms with van der Waals surface area (Å²) in [4.78, 5) is 0. The van der Waals surface area contributed by atoms with Crippen LogP contribution in [0.2, 0.25) is 0 Å². The fraction of sp³-hybridized carbons (Fsp3) is 0.500. The Morgan fingerprint density at radius 1 is 1.29 bits per heavy atom. The van der Waals surface area contributed by atoms with Gasteiger partial charge in [0.05, 0.1) is 0 Å². The molecule has 0 bridgehead atoms. The van der Waals surface area contributed by atoms with E-state index in [1.807, 2.05) is 0 Å². The van der Waals surface area contributed by atoms with Gasteiger partial charge in [-0.15, -0.1) is 0 Å². The zero-order valence-electron chi connectivity index (χ0n) is 8.09. The van der Waals surface area contributed by atoms with Gasteiger partial charge in [-0.05, 0) is 47.9 Å². The standard InChI is InChI=1S/C12H14BrN/c13-10-3-4-11-9(5-10)6-14-7-12(11)8-1-2-8/h3-5,8,12,14H,1-2,6-7H2. The summed E-state index contributed by atoms with van der Waals surface area (Å²) in [7, 11) is 0. The van der Waals surface area contributed by atoms with Crippen LogP contribution >= 0.6 is 15.9 Å². The summed E-state index contributed by atoms with van der Waals surface area (Å²) in [5.41, 5.74) is 3.08. The van der Waals surface area contributed by atoms with Gasteiger partial charge in [-0.25, -0.2) is 0 Å². The number of fused-ring (bicyclic) bond motifs is 1. The smallest absolute Gasteiger partial charge is 0.0208 e. The summed E-state index contributed by atoms with van der Waals surface area (Å²) >= 11 is 3.54. The molecule has 1 fully saturated rings. The molecule has 0 radical (unpaired) electrons. The van der Waals surface area contributed by atoms with E-state index in [1.165, 1.54) is 29.4 Å². The lowest BCUT2D eigenvalue weighted by Gasteiger charge is -2.26. The molecule has 1 aromatic rings. The molecule has 1 unspecified atom stereocenters. The Labute approximate surface area is 93.0 Å². The summed E-state index contributed by atoms with van der Waals surface area (Å²) < 4.78 is 1.20. The molecular formula is C12H14BrN. The second kappa shape index (κ2) is 3.35. The third-order valence-corrected chi connectivity index (χ3v) is 3.87. The van der Waals surface area contributed by atoms with Crippen LogP contribution < -0.4 is 5.32 Å². The molecule has 14 heavy (non-hydrogen) atoms. The lowest BCUT2D eigenvalue weighted by molar-refractivity contribution is 0.499. The van der Waals surface area contributed by atoms with E-state index in [0.717, 1.165) is 18.4 Å². The maximum atomic E-state index is 3.54. The highest BCUT2D eigenvalue weighted by Crippen LogP contribution is 2.44. The molecule has 1 aliphatic carbocycles. The Balaban J connectivity index is 2.01. The van der Waals surface area contributed by atoms with Crippen molar-refractivity contribution in [2.45, 2.75) is 25.3 Å². The largest absolute Gasteiger partial charge is 0.312 e. The molecule has 0 spiro atoms. The predicted octanol–water partition coefficient (Wildman–Crippen LogP) is 3.05. The molecule has 74 valence electrons. The monoisotopic (exact) mass is 251 g/mol. The molecule has 2 aliphatic rings. The van der Waals surface area contributed by atoms with Crippen LogP contribution in [0.25, 0.3) is 0 Å². The average Bonchev–Trinajstić information content (AvgIpc) is 2.99. The van der Waals surface area contributed by atoms with Crippen LogP contribution in [0.4, 0.5) is 0 Å². The van der Waals surface area contributed by atoms with Gasteiger partial charge in [-0.2, -0.15) is 0 Å². The highest BCUT2D eigenvalue weighted by Gasteiger charge is 2.34. The Hall–Kier alpha value is -0.340. The molecule has 1 aromatic carbocycles. The number of benzene rings is 1. The quantitative estimate of drug-likeness (QED) is 0.810. The van der Waals surface area contributed by atoms with E-state index in [1.54, 1.807) is 5.56 Å². The van der Waals surface area contributed by atoms with Gasteiger partial charge in [0.2, 0.25) is 0 Å². The highest BCUT2D eigenvalue weighted by atomic mass is 79.9. The Morgan fingerprint density at radius 3 is 2.93 bits per heavy atom. The first-order valence-corrected chi connectivity index (χ1v) is 6.13. The lowest BCUT2D eigenvalue weighted by Crippen LogP contribution is -2.29. The van der Waals surface area contributed by atoms with Crippen LogP contribution in [0.1, 0.15) is 29.9 Å². The van der Waals surface area contributed by atoms with Gasteiger partial charge in [-0.3, -0.25) is 0 Å². The van der Waals surface area contributed by atoms with Crippen molar-refractivity contribution >= 4 is 15.9 Å². The van der Waals surface area contributed by atoms with Crippen molar-refractivity contribution in [3.63, 3.8) is 0 Å². The lowest BCUT2D eigenvalue weighted by atomic mass is 9.87. The SMILES string of the molecule is Brc1ccc2c(c1)CNCC2C1CC1. The molecule has 1 aliphatic heterocycles. The van der Waals surface area contributed by atoms with Gasteiger partial charge in [0, 0.05) is 17.6 Å². The molecule has 3 rings (SSSR count). The van der Waals surface area contributed by atoms with E-state index in [-0.39, 0.29) is 0 Å². The number of rotatable bonds is 1. The Kier molecular flexibility index (Phi) is 2.14. The first kappa shape index (κ1) is 8.93. The molecular weight excluding hydrogens is 238 g/mol. The van der Waals surface area contributed by atoms with E-state index < -0.39 is 0 Å². The highest BCUT2D eigenvalue weighted by molar-refractivity contribution is 9.10. The normalized spacial score (nSPS) is 25.9. The topological polar surface area (TPSA) is 12.0 Å². The van der Waals surface area contributed by atoms with Crippen LogP contribution in [0.3, 0.4) is 0 Å². The van der Waals surface area contributed by atoms with E-state index in [0.29, 0.717) is 0 Å². The van der Waals surface area contributed by atoms with E-state index in [4.69, 9.17) is 0 Å². The van der Waals surface area contributed by atoms with Crippen molar-refractivity contribution in [2.24, 2.45) is 5.92 Å². The fourth-order valence-corrected chi connectivity index (χ4v) is 2.89. The van der Waals surface area contributed by atoms with Gasteiger partial charge in [-0.1, -0.05) is 22.0 Å². The molecule has 1 nitrogen and oxygen atoms in total. The van der Waals surface area contributed by atoms with Crippen LogP contribution in [0.5, 0.6) is 0 Å². The molecule has 1 heterocycles. The maximum Gasteiger partial charge on any atom is 0.0208 e. The third kappa shape index (κ3) is 1.51. The first-order chi connectivity index (χ1) is 6.84. The van der Waals surface area contributed by atoms with Gasteiger partial charge in [0.1, 0.15) is 0 Å². The second-order valence-corrected chi connectivity index (χ2v) is 5.33. The fourth-order valence-electron chi connectivity index (χ4n) is 2.48. The molecule has 0 saturated heterocycles. The predicted molar refractivity (Wildman–Crippen MR) is 61.3 cm³/mol. The van der Waals surface area contributed by atoms with Crippen LogP contribution in [0, 0.1) is 5.92 Å². The van der Waals surface area contributed by atoms with Crippen molar-refractivity contribution < 1.29 is 0 Å². The molecule has 2 heteroatoms. The van der Waals surface area contributed by atoms with Crippen LogP contribution in [-0.4, -0.2) is 6.54 Å². The number of hydrogen-bond donors (Lipinski definition) is 1. The van der Waals surface area contributed by atoms with Gasteiger partial charge in [0.15, 0.2) is 0 Å². The van der Waals surface area contributed by atoms with E-state index in [2.05, 4.69) is 39.4 Å². The van der Waals surface area contributed by atoms with E-state index in [9.17, 15) is 0 Å². The van der Waals surface area contributed by atoms with Crippen molar-refractivity contribution in [3.8, 4) is 0 Å². The first-order valence-electron chi connectivity index (χ1n) is 5.33. The molecule has 1 atom stereocenters. The molecule has 0 aromatic heterocycles. The van der Waals surface area contributed by atoms with Crippen molar-refractivity contribution in [1.29, 1.82) is 0 Å². The summed E-state index contributed by atoms with van der Waals surface area (Å²) in [5.74, 6) is 1.74. The zero-order chi connectivity index (χ0) is 9.54. The Bertz CT molecular complexity index is 357. The minimum atomic E-state index is 0.784. The van der Waals surface area contributed by atoms with Crippen LogP contribution in [-0.2, 0) is 6.54 Å². The summed E-state index contributed by atoms with van der Waals surface area (Å²) in [6.45, 7) is 2.22. The van der Waals surface area contributed by atoms with Crippen molar-refractivity contribution in [1.82, 2.24) is 5.32 Å². The Morgan fingerprint density at radius 2 is 2.14 bits per heavy atom. The van der Waals surface area contributed by atoms with Gasteiger partial charge in [0.25, 0.3) is 0 Å². The average molecular weight is 252 g/mol. The van der Waals surface area contributed by atoms with Crippen LogP contribution in [0.15, 0.2) is 22.7 Å². The molecule has 0 amide bonds. The van der Waals surface area contributed by atoms with Gasteiger partial charge >= 0.3 is 0 Å². The zero-order valence-corrected chi connectivity index (χ0v) is 9.68. The van der Waals surface area contributed by atoms with Crippen molar-refractivity contribution in [2.75, 3.05) is 6.54 Å². The second-order valence-electron chi connectivity index (χ2n) is 4.42. The summed E-state index contributed by atoms with van der Waals surface area (Å²) in [6, 6.07) is 6.75. The minimum Gasteiger partial charge on any atom is -0.312 e. The van der Waals surface area contributed by atoms with Crippen molar-refractivity contribution in [3.05, 3.63) is 33.8 Å². The maximum absolute atomic E-state index is 3.54. The summed E-state index contributed by atoms with van der Waals surface area (Å²) in [6.07, 6.45) is 2.86. The molecule has 1 saturated carbocycles. The number of nitrogens with one attached hydrogen (secondary N) is 1. The molecule has 1 N–H and O–H groups in total. The number of hydrogen-bond acceptors (Lipinski definition) is 1. The minimum absolute atomic E-state index is 0.784. The summed E-state index contributed by atoms with van der Waals surface area (Å²) in [5, 5.41) is 3.52.